The number of halogens is 2. The molecular weight excluding hydrogens is 487 g/mol. The maximum Gasteiger partial charge on any atom is 0.245 e. The van der Waals surface area contributed by atoms with E-state index in [1.807, 2.05) is 6.07 Å². The third-order valence-corrected chi connectivity index (χ3v) is 7.22. The molecular formula is C23H22Cl2N2O5S. The molecule has 0 heterocycles. The minimum atomic E-state index is -4.16. The first-order valence-corrected chi connectivity index (χ1v) is 11.9. The Morgan fingerprint density at radius 2 is 1.70 bits per heavy atom. The lowest BCUT2D eigenvalue weighted by atomic mass is 10.2. The van der Waals surface area contributed by atoms with Gasteiger partial charge in [0.2, 0.25) is 15.9 Å². The Morgan fingerprint density at radius 1 is 0.970 bits per heavy atom. The molecule has 0 saturated heterocycles. The Balaban J connectivity index is 1.92. The van der Waals surface area contributed by atoms with Crippen molar-refractivity contribution in [2.45, 2.75) is 11.4 Å². The minimum absolute atomic E-state index is 0.00898. The van der Waals surface area contributed by atoms with Crippen molar-refractivity contribution in [3.05, 3.63) is 82.3 Å². The summed E-state index contributed by atoms with van der Waals surface area (Å²) in [7, 11) is -1.19. The summed E-state index contributed by atoms with van der Waals surface area (Å²) in [5.74, 6) is 0.364. The standard InChI is InChI=1S/C23H22Cl2N2O5S/c1-31-18-9-11-20(21(13-18)32-2)26-23(28)15-27(14-16-6-4-3-5-7-16)33(29,30)22-12-17(24)8-10-19(22)25/h3-13H,14-15H2,1-2H3,(H,26,28). The molecule has 1 amide bonds. The number of amides is 1. The molecule has 0 aliphatic rings. The van der Waals surface area contributed by atoms with Gasteiger partial charge >= 0.3 is 0 Å². The zero-order valence-electron chi connectivity index (χ0n) is 17.9. The number of benzene rings is 3. The second kappa shape index (κ2) is 10.9. The van der Waals surface area contributed by atoms with Gasteiger partial charge in [0.25, 0.3) is 0 Å². The van der Waals surface area contributed by atoms with Crippen LogP contribution in [0.1, 0.15) is 5.56 Å². The van der Waals surface area contributed by atoms with E-state index in [1.54, 1.807) is 42.5 Å². The van der Waals surface area contributed by atoms with E-state index in [9.17, 15) is 13.2 Å². The van der Waals surface area contributed by atoms with E-state index in [-0.39, 0.29) is 21.5 Å². The fourth-order valence-electron chi connectivity index (χ4n) is 3.08. The van der Waals surface area contributed by atoms with Gasteiger partial charge in [0.15, 0.2) is 0 Å². The van der Waals surface area contributed by atoms with Gasteiger partial charge < -0.3 is 14.8 Å². The van der Waals surface area contributed by atoms with Crippen LogP contribution in [0.5, 0.6) is 11.5 Å². The Kier molecular flexibility index (Phi) is 8.20. The van der Waals surface area contributed by atoms with Crippen molar-refractivity contribution in [2.75, 3.05) is 26.1 Å². The van der Waals surface area contributed by atoms with Gasteiger partial charge in [-0.05, 0) is 35.9 Å². The third-order valence-electron chi connectivity index (χ3n) is 4.72. The first kappa shape index (κ1) is 24.9. The number of ether oxygens (including phenoxy) is 2. The van der Waals surface area contributed by atoms with Crippen LogP contribution in [-0.2, 0) is 21.4 Å². The van der Waals surface area contributed by atoms with Gasteiger partial charge in [-0.1, -0.05) is 53.5 Å². The summed E-state index contributed by atoms with van der Waals surface area (Å²) in [5.41, 5.74) is 1.08. The van der Waals surface area contributed by atoms with Crippen molar-refractivity contribution in [1.29, 1.82) is 0 Å². The van der Waals surface area contributed by atoms with Gasteiger partial charge in [-0.2, -0.15) is 4.31 Å². The van der Waals surface area contributed by atoms with Gasteiger partial charge in [-0.25, -0.2) is 8.42 Å². The van der Waals surface area contributed by atoms with Crippen LogP contribution in [0.4, 0.5) is 5.69 Å². The van der Waals surface area contributed by atoms with Crippen LogP contribution in [0, 0.1) is 0 Å². The van der Waals surface area contributed by atoms with Gasteiger partial charge in [0.1, 0.15) is 16.4 Å². The van der Waals surface area contributed by atoms with Gasteiger partial charge in [0.05, 0.1) is 31.5 Å². The van der Waals surface area contributed by atoms with Crippen LogP contribution in [0.2, 0.25) is 10.0 Å². The fourth-order valence-corrected chi connectivity index (χ4v) is 5.20. The number of carbonyl (C=O) groups excluding carboxylic acids is 1. The molecule has 0 unspecified atom stereocenters. The summed E-state index contributed by atoms with van der Waals surface area (Å²) in [6.45, 7) is -0.506. The van der Waals surface area contributed by atoms with Crippen molar-refractivity contribution in [2.24, 2.45) is 0 Å². The number of nitrogens with zero attached hydrogens (tertiary/aromatic N) is 1. The van der Waals surface area contributed by atoms with Crippen molar-refractivity contribution >= 4 is 44.8 Å². The van der Waals surface area contributed by atoms with Gasteiger partial charge in [-0.3, -0.25) is 4.79 Å². The number of hydrogen-bond acceptors (Lipinski definition) is 5. The van der Waals surface area contributed by atoms with Crippen LogP contribution in [-0.4, -0.2) is 39.4 Å². The van der Waals surface area contributed by atoms with Crippen LogP contribution >= 0.6 is 23.2 Å². The molecule has 0 spiro atoms. The molecule has 1 N–H and O–H groups in total. The minimum Gasteiger partial charge on any atom is -0.497 e. The Morgan fingerprint density at radius 3 is 2.36 bits per heavy atom. The Bertz CT molecular complexity index is 1240. The Labute approximate surface area is 202 Å². The molecule has 0 aliphatic carbocycles. The van der Waals surface area contributed by atoms with Crippen molar-refractivity contribution in [3.63, 3.8) is 0 Å². The molecule has 3 aromatic rings. The highest BCUT2D eigenvalue weighted by molar-refractivity contribution is 7.89. The number of hydrogen-bond donors (Lipinski definition) is 1. The average molecular weight is 509 g/mol. The number of carbonyl (C=O) groups is 1. The van der Waals surface area contributed by atoms with E-state index in [0.717, 1.165) is 4.31 Å². The predicted molar refractivity (Wildman–Crippen MR) is 129 cm³/mol. The summed E-state index contributed by atoms with van der Waals surface area (Å²) in [5, 5.41) is 2.92. The summed E-state index contributed by atoms with van der Waals surface area (Å²) in [6, 6.07) is 18.0. The highest BCUT2D eigenvalue weighted by Gasteiger charge is 2.29. The lowest BCUT2D eigenvalue weighted by Crippen LogP contribution is -2.37. The first-order chi connectivity index (χ1) is 15.7. The molecule has 174 valence electrons. The lowest BCUT2D eigenvalue weighted by Gasteiger charge is -2.23. The summed E-state index contributed by atoms with van der Waals surface area (Å²) in [6.07, 6.45) is 0. The molecule has 3 rings (SSSR count). The van der Waals surface area contributed by atoms with Gasteiger partial charge in [-0.15, -0.1) is 0 Å². The highest BCUT2D eigenvalue weighted by Crippen LogP contribution is 2.30. The van der Waals surface area contributed by atoms with Crippen LogP contribution in [0.25, 0.3) is 0 Å². The first-order valence-electron chi connectivity index (χ1n) is 9.75. The zero-order valence-corrected chi connectivity index (χ0v) is 20.2. The molecule has 10 heteroatoms. The molecule has 0 saturated carbocycles. The molecule has 0 bridgehead atoms. The number of anilines is 1. The molecule has 33 heavy (non-hydrogen) atoms. The third kappa shape index (κ3) is 6.17. The topological polar surface area (TPSA) is 84.9 Å². The predicted octanol–water partition coefficient (Wildman–Crippen LogP) is 4.84. The maximum absolute atomic E-state index is 13.5. The summed E-state index contributed by atoms with van der Waals surface area (Å²) < 4.78 is 38.4. The van der Waals surface area contributed by atoms with Crippen molar-refractivity contribution in [3.8, 4) is 11.5 Å². The van der Waals surface area contributed by atoms with E-state index in [4.69, 9.17) is 32.7 Å². The molecule has 0 fully saturated rings. The number of methoxy groups -OCH3 is 2. The quantitative estimate of drug-likeness (QED) is 0.446. The van der Waals surface area contributed by atoms with E-state index >= 15 is 0 Å². The second-order valence-electron chi connectivity index (χ2n) is 6.95. The smallest absolute Gasteiger partial charge is 0.245 e. The largest absolute Gasteiger partial charge is 0.497 e. The number of sulfonamides is 1. The average Bonchev–Trinajstić information content (AvgIpc) is 2.81. The molecule has 0 aromatic heterocycles. The molecule has 0 atom stereocenters. The maximum atomic E-state index is 13.5. The van der Waals surface area contributed by atoms with Crippen molar-refractivity contribution in [1.82, 2.24) is 4.31 Å². The van der Waals surface area contributed by atoms with Crippen LogP contribution < -0.4 is 14.8 Å². The fraction of sp³-hybridized carbons (Fsp3) is 0.174. The van der Waals surface area contributed by atoms with Gasteiger partial charge in [0, 0.05) is 17.6 Å². The van der Waals surface area contributed by atoms with E-state index < -0.39 is 22.5 Å². The molecule has 3 aromatic carbocycles. The van der Waals surface area contributed by atoms with Crippen LogP contribution in [0.3, 0.4) is 0 Å². The zero-order chi connectivity index (χ0) is 24.0. The molecule has 0 aliphatic heterocycles. The van der Waals surface area contributed by atoms with E-state index in [0.29, 0.717) is 22.7 Å². The highest BCUT2D eigenvalue weighted by atomic mass is 35.5. The van der Waals surface area contributed by atoms with E-state index in [1.165, 1.54) is 32.4 Å². The molecule has 7 nitrogen and oxygen atoms in total. The molecule has 0 radical (unpaired) electrons. The monoisotopic (exact) mass is 508 g/mol. The van der Waals surface area contributed by atoms with Crippen LogP contribution in [0.15, 0.2) is 71.6 Å². The number of rotatable bonds is 9. The van der Waals surface area contributed by atoms with Crippen molar-refractivity contribution < 1.29 is 22.7 Å². The summed E-state index contributed by atoms with van der Waals surface area (Å²) >= 11 is 12.2. The Hall–Kier alpha value is -2.78. The number of nitrogens with one attached hydrogen (secondary N) is 1. The SMILES string of the molecule is COc1ccc(NC(=O)CN(Cc2ccccc2)S(=O)(=O)c2cc(Cl)ccc2Cl)c(OC)c1. The lowest BCUT2D eigenvalue weighted by molar-refractivity contribution is -0.116. The second-order valence-corrected chi connectivity index (χ2v) is 9.70. The van der Waals surface area contributed by atoms with E-state index in [2.05, 4.69) is 5.32 Å². The summed E-state index contributed by atoms with van der Waals surface area (Å²) in [4.78, 5) is 12.7. The normalized spacial score (nSPS) is 11.3.